The van der Waals surface area contributed by atoms with Gasteiger partial charge < -0.3 is 0 Å². The van der Waals surface area contributed by atoms with Gasteiger partial charge >= 0.3 is 0 Å². The molecule has 5 heteroatoms. The lowest BCUT2D eigenvalue weighted by Crippen LogP contribution is -2.30. The molecule has 4 nitrogen and oxygen atoms in total. The lowest BCUT2D eigenvalue weighted by molar-refractivity contribution is 0.0956. The number of aryl methyl sites for hydroxylation is 1. The summed E-state index contributed by atoms with van der Waals surface area (Å²) in [4.78, 5) is 14.5. The third-order valence-electron chi connectivity index (χ3n) is 3.06. The molecule has 20 heavy (non-hydrogen) atoms. The molecule has 1 aromatic carbocycles. The van der Waals surface area contributed by atoms with Gasteiger partial charge in [-0.05, 0) is 36.5 Å². The molecule has 0 aliphatic rings. The van der Waals surface area contributed by atoms with Crippen LogP contribution in [0.5, 0.6) is 0 Å². The Morgan fingerprint density at radius 1 is 1.35 bits per heavy atom. The Labute approximate surface area is 123 Å². The fourth-order valence-corrected chi connectivity index (χ4v) is 3.01. The second kappa shape index (κ2) is 6.65. The van der Waals surface area contributed by atoms with Gasteiger partial charge in [0.15, 0.2) is 0 Å². The molecule has 3 N–H and O–H groups in total. The number of rotatable bonds is 5. The largest absolute Gasteiger partial charge is 0.298 e. The smallest absolute Gasteiger partial charge is 0.275 e. The zero-order valence-corrected chi connectivity index (χ0v) is 12.5. The highest BCUT2D eigenvalue weighted by Gasteiger charge is 2.13. The molecule has 0 spiro atoms. The van der Waals surface area contributed by atoms with Crippen LogP contribution in [0.3, 0.4) is 0 Å². The third-order valence-corrected chi connectivity index (χ3v) is 4.01. The number of nitrogens with two attached hydrogens (primary N) is 1. The van der Waals surface area contributed by atoms with Gasteiger partial charge in [0.2, 0.25) is 0 Å². The van der Waals surface area contributed by atoms with Gasteiger partial charge in [0.05, 0.1) is 4.88 Å². The Kier molecular flexibility index (Phi) is 4.89. The number of nitrogens with one attached hydrogen (secondary N) is 1. The zero-order chi connectivity index (χ0) is 14.5. The number of nitrogen functional groups attached to an aromatic ring is 1. The molecule has 0 bridgehead atoms. The van der Waals surface area contributed by atoms with Crippen molar-refractivity contribution in [1.29, 1.82) is 0 Å². The van der Waals surface area contributed by atoms with E-state index in [9.17, 15) is 4.79 Å². The van der Waals surface area contributed by atoms with E-state index >= 15 is 0 Å². The van der Waals surface area contributed by atoms with E-state index in [-0.39, 0.29) is 5.91 Å². The van der Waals surface area contributed by atoms with Crippen LogP contribution in [0, 0.1) is 6.92 Å². The number of carbonyl (C=O) groups excluding carboxylic acids is 1. The second-order valence-corrected chi connectivity index (χ2v) is 5.83. The minimum atomic E-state index is -0.223. The number of carbonyl (C=O) groups is 1. The highest BCUT2D eigenvalue weighted by Crippen LogP contribution is 2.19. The number of hydrazine groups is 1. The van der Waals surface area contributed by atoms with Crippen LogP contribution in [0.15, 0.2) is 35.7 Å². The first kappa shape index (κ1) is 14.7. The lowest BCUT2D eigenvalue weighted by Gasteiger charge is -2.17. The fourth-order valence-electron chi connectivity index (χ4n) is 2.19. The highest BCUT2D eigenvalue weighted by molar-refractivity contribution is 7.12. The Morgan fingerprint density at radius 2 is 2.15 bits per heavy atom. The molecule has 0 radical (unpaired) electrons. The van der Waals surface area contributed by atoms with E-state index in [1.54, 1.807) is 0 Å². The number of hydrogen-bond donors (Lipinski definition) is 2. The van der Waals surface area contributed by atoms with E-state index in [0.717, 1.165) is 18.7 Å². The molecular formula is C15H19N3OS. The van der Waals surface area contributed by atoms with Crippen molar-refractivity contribution < 1.29 is 4.79 Å². The molecule has 1 amide bonds. The van der Waals surface area contributed by atoms with Gasteiger partial charge in [-0.15, -0.1) is 11.3 Å². The van der Waals surface area contributed by atoms with E-state index in [4.69, 9.17) is 5.84 Å². The molecule has 106 valence electrons. The van der Waals surface area contributed by atoms with E-state index in [1.165, 1.54) is 22.5 Å². The zero-order valence-electron chi connectivity index (χ0n) is 11.7. The molecule has 0 aliphatic carbocycles. The van der Waals surface area contributed by atoms with Crippen LogP contribution in [0.1, 0.15) is 26.4 Å². The molecule has 1 heterocycles. The average Bonchev–Trinajstić information content (AvgIpc) is 2.85. The summed E-state index contributed by atoms with van der Waals surface area (Å²) in [6, 6.07) is 10.4. The summed E-state index contributed by atoms with van der Waals surface area (Å²) < 4.78 is 0. The standard InChI is InChI=1S/C15H19N3OS/c1-11-4-3-5-12(8-11)9-18(2)10-13-6-7-20-14(13)15(19)17-16/h3-8H,9-10,16H2,1-2H3,(H,17,19). The van der Waals surface area contributed by atoms with Crippen molar-refractivity contribution in [3.8, 4) is 0 Å². The Hall–Kier alpha value is -1.69. The first-order valence-electron chi connectivity index (χ1n) is 6.41. The normalized spacial score (nSPS) is 10.8. The lowest BCUT2D eigenvalue weighted by atomic mass is 10.1. The van der Waals surface area contributed by atoms with Crippen molar-refractivity contribution in [2.24, 2.45) is 5.84 Å². The molecular weight excluding hydrogens is 270 g/mol. The highest BCUT2D eigenvalue weighted by atomic mass is 32.1. The van der Waals surface area contributed by atoms with Gasteiger partial charge in [0.1, 0.15) is 0 Å². The number of amides is 1. The van der Waals surface area contributed by atoms with E-state index < -0.39 is 0 Å². The van der Waals surface area contributed by atoms with Gasteiger partial charge in [-0.1, -0.05) is 29.8 Å². The summed E-state index contributed by atoms with van der Waals surface area (Å²) in [6.07, 6.45) is 0. The van der Waals surface area contributed by atoms with E-state index in [2.05, 4.69) is 41.5 Å². The molecule has 0 saturated carbocycles. The minimum absolute atomic E-state index is 0.223. The average molecular weight is 289 g/mol. The van der Waals surface area contributed by atoms with Crippen molar-refractivity contribution in [1.82, 2.24) is 10.3 Å². The van der Waals surface area contributed by atoms with Gasteiger partial charge in [-0.2, -0.15) is 0 Å². The van der Waals surface area contributed by atoms with Crippen LogP contribution < -0.4 is 11.3 Å². The summed E-state index contributed by atoms with van der Waals surface area (Å²) in [5.41, 5.74) is 5.73. The predicted molar refractivity (Wildman–Crippen MR) is 82.3 cm³/mol. The van der Waals surface area contributed by atoms with E-state index in [1.807, 2.05) is 18.5 Å². The van der Waals surface area contributed by atoms with Crippen LogP contribution in [0.25, 0.3) is 0 Å². The van der Waals surface area contributed by atoms with Gasteiger partial charge in [0.25, 0.3) is 5.91 Å². The van der Waals surface area contributed by atoms with Crippen LogP contribution in [0.2, 0.25) is 0 Å². The van der Waals surface area contributed by atoms with E-state index in [0.29, 0.717) is 4.88 Å². The van der Waals surface area contributed by atoms with Crippen molar-refractivity contribution >= 4 is 17.2 Å². The van der Waals surface area contributed by atoms with Crippen molar-refractivity contribution in [2.75, 3.05) is 7.05 Å². The molecule has 0 unspecified atom stereocenters. The van der Waals surface area contributed by atoms with Crippen LogP contribution in [-0.4, -0.2) is 17.9 Å². The monoisotopic (exact) mass is 289 g/mol. The number of nitrogens with zero attached hydrogens (tertiary/aromatic N) is 1. The SMILES string of the molecule is Cc1cccc(CN(C)Cc2ccsc2C(=O)NN)c1. The van der Waals surface area contributed by atoms with Gasteiger partial charge in [0, 0.05) is 13.1 Å². The van der Waals surface area contributed by atoms with Crippen LogP contribution >= 0.6 is 11.3 Å². The summed E-state index contributed by atoms with van der Waals surface area (Å²) >= 11 is 1.41. The maximum absolute atomic E-state index is 11.6. The predicted octanol–water partition coefficient (Wildman–Crippen LogP) is 2.29. The number of thiophene rings is 1. The number of hydrogen-bond acceptors (Lipinski definition) is 4. The fraction of sp³-hybridized carbons (Fsp3) is 0.267. The quantitative estimate of drug-likeness (QED) is 0.504. The van der Waals surface area contributed by atoms with Crippen molar-refractivity contribution in [2.45, 2.75) is 20.0 Å². The summed E-state index contributed by atoms with van der Waals surface area (Å²) in [5.74, 6) is 4.97. The third kappa shape index (κ3) is 3.66. The van der Waals surface area contributed by atoms with Gasteiger partial charge in [-0.25, -0.2) is 5.84 Å². The van der Waals surface area contributed by atoms with Gasteiger partial charge in [-0.3, -0.25) is 15.1 Å². The van der Waals surface area contributed by atoms with Crippen molar-refractivity contribution in [3.63, 3.8) is 0 Å². The molecule has 0 fully saturated rings. The van der Waals surface area contributed by atoms with Crippen LogP contribution in [-0.2, 0) is 13.1 Å². The minimum Gasteiger partial charge on any atom is -0.298 e. The topological polar surface area (TPSA) is 58.4 Å². The molecule has 1 aromatic heterocycles. The Balaban J connectivity index is 2.03. The first-order chi connectivity index (χ1) is 9.60. The Bertz CT molecular complexity index is 594. The van der Waals surface area contributed by atoms with Crippen molar-refractivity contribution in [3.05, 3.63) is 57.3 Å². The maximum atomic E-state index is 11.6. The summed E-state index contributed by atoms with van der Waals surface area (Å²) in [5, 5.41) is 1.92. The summed E-state index contributed by atoms with van der Waals surface area (Å²) in [7, 11) is 2.05. The first-order valence-corrected chi connectivity index (χ1v) is 7.29. The maximum Gasteiger partial charge on any atom is 0.275 e. The molecule has 0 atom stereocenters. The molecule has 0 aliphatic heterocycles. The molecule has 2 aromatic rings. The van der Waals surface area contributed by atoms with Crippen LogP contribution in [0.4, 0.5) is 0 Å². The molecule has 0 saturated heterocycles. The number of benzene rings is 1. The summed E-state index contributed by atoms with van der Waals surface area (Å²) in [6.45, 7) is 3.66. The molecule has 2 rings (SSSR count). The Morgan fingerprint density at radius 3 is 2.85 bits per heavy atom. The second-order valence-electron chi connectivity index (χ2n) is 4.91.